The van der Waals surface area contributed by atoms with Gasteiger partial charge in [-0.15, -0.1) is 0 Å². The summed E-state index contributed by atoms with van der Waals surface area (Å²) in [6, 6.07) is 7.98. The number of rotatable bonds is 3. The van der Waals surface area contributed by atoms with E-state index in [1.807, 2.05) is 36.0 Å². The lowest BCUT2D eigenvalue weighted by atomic mass is 9.96. The smallest absolute Gasteiger partial charge is 0.319 e. The van der Waals surface area contributed by atoms with Gasteiger partial charge in [0.05, 0.1) is 16.4 Å². The molecule has 5 nitrogen and oxygen atoms in total. The Morgan fingerprint density at radius 3 is 2.78 bits per heavy atom. The van der Waals surface area contributed by atoms with Gasteiger partial charge in [-0.3, -0.25) is 4.68 Å². The molecule has 0 saturated heterocycles. The summed E-state index contributed by atoms with van der Waals surface area (Å²) < 4.78 is 2.74. The maximum atomic E-state index is 12.2. The molecule has 0 unspecified atom stereocenters. The molecule has 1 heterocycles. The highest BCUT2D eigenvalue weighted by Crippen LogP contribution is 2.29. The molecule has 2 aromatic rings. The molecule has 1 fully saturated rings. The van der Waals surface area contributed by atoms with Gasteiger partial charge in [0.1, 0.15) is 0 Å². The number of carbonyl (C=O) groups is 1. The van der Waals surface area contributed by atoms with Crippen molar-refractivity contribution < 1.29 is 4.79 Å². The summed E-state index contributed by atoms with van der Waals surface area (Å²) in [6.45, 7) is 0. The Labute approximate surface area is 144 Å². The topological polar surface area (TPSA) is 59.0 Å². The van der Waals surface area contributed by atoms with Gasteiger partial charge in [-0.05, 0) is 40.9 Å². The molecule has 1 aromatic heterocycles. The Kier molecular flexibility index (Phi) is 5.00. The second kappa shape index (κ2) is 7.17. The Bertz CT molecular complexity index is 672. The van der Waals surface area contributed by atoms with Crippen molar-refractivity contribution in [2.75, 3.05) is 5.32 Å². The van der Waals surface area contributed by atoms with Crippen LogP contribution in [0.3, 0.4) is 0 Å². The highest BCUT2D eigenvalue weighted by molar-refractivity contribution is 9.10. The third-order valence-electron chi connectivity index (χ3n) is 4.23. The molecule has 0 atom stereocenters. The monoisotopic (exact) mass is 376 g/mol. The summed E-state index contributed by atoms with van der Waals surface area (Å²) in [5, 5.41) is 10.2. The van der Waals surface area contributed by atoms with Crippen LogP contribution in [0.5, 0.6) is 0 Å². The molecule has 1 aromatic carbocycles. The first kappa shape index (κ1) is 16.1. The number of urea groups is 1. The fraction of sp³-hybridized carbons (Fsp3) is 0.412. The molecule has 23 heavy (non-hydrogen) atoms. The molecule has 1 aliphatic rings. The van der Waals surface area contributed by atoms with Gasteiger partial charge in [0, 0.05) is 24.3 Å². The van der Waals surface area contributed by atoms with Crippen LogP contribution in [0, 0.1) is 0 Å². The molecule has 0 spiro atoms. The molecule has 6 heteroatoms. The average molecular weight is 377 g/mol. The fourth-order valence-corrected chi connectivity index (χ4v) is 3.66. The quantitative estimate of drug-likeness (QED) is 0.838. The number of carbonyl (C=O) groups excluding carboxylic acids is 1. The maximum Gasteiger partial charge on any atom is 0.319 e. The lowest BCUT2D eigenvalue weighted by molar-refractivity contribution is 0.244. The van der Waals surface area contributed by atoms with E-state index in [0.717, 1.165) is 34.3 Å². The minimum atomic E-state index is -0.127. The molecular formula is C17H21BrN4O. The van der Waals surface area contributed by atoms with Crippen LogP contribution < -0.4 is 10.6 Å². The van der Waals surface area contributed by atoms with Crippen molar-refractivity contribution in [1.82, 2.24) is 15.1 Å². The van der Waals surface area contributed by atoms with Crippen LogP contribution in [-0.2, 0) is 7.05 Å². The van der Waals surface area contributed by atoms with E-state index in [2.05, 4.69) is 31.7 Å². The number of aryl methyl sites for hydroxylation is 1. The molecule has 122 valence electrons. The molecular weight excluding hydrogens is 356 g/mol. The molecule has 2 amide bonds. The van der Waals surface area contributed by atoms with Gasteiger partial charge in [-0.2, -0.15) is 5.10 Å². The van der Waals surface area contributed by atoms with E-state index in [1.54, 1.807) is 6.20 Å². The molecule has 2 N–H and O–H groups in total. The summed E-state index contributed by atoms with van der Waals surface area (Å²) in [5.74, 6) is 0. The fourth-order valence-electron chi connectivity index (χ4n) is 3.08. The lowest BCUT2D eigenvalue weighted by Crippen LogP contribution is -2.39. The van der Waals surface area contributed by atoms with E-state index >= 15 is 0 Å². The van der Waals surface area contributed by atoms with Crippen LogP contribution in [0.15, 0.2) is 34.9 Å². The van der Waals surface area contributed by atoms with Gasteiger partial charge in [-0.1, -0.05) is 31.4 Å². The van der Waals surface area contributed by atoms with Crippen LogP contribution in [0.2, 0.25) is 0 Å². The highest BCUT2D eigenvalue weighted by atomic mass is 79.9. The van der Waals surface area contributed by atoms with Gasteiger partial charge in [-0.25, -0.2) is 4.79 Å². The van der Waals surface area contributed by atoms with Crippen molar-refractivity contribution in [2.45, 2.75) is 38.1 Å². The van der Waals surface area contributed by atoms with Gasteiger partial charge in [0.25, 0.3) is 0 Å². The van der Waals surface area contributed by atoms with E-state index < -0.39 is 0 Å². The summed E-state index contributed by atoms with van der Waals surface area (Å²) in [5.41, 5.74) is 2.78. The minimum absolute atomic E-state index is 0.127. The number of amides is 2. The largest absolute Gasteiger partial charge is 0.335 e. The van der Waals surface area contributed by atoms with Gasteiger partial charge in [0.15, 0.2) is 0 Å². The third-order valence-corrected chi connectivity index (χ3v) is 4.81. The number of benzene rings is 1. The Morgan fingerprint density at radius 1 is 1.30 bits per heavy atom. The first-order valence-electron chi connectivity index (χ1n) is 7.99. The highest BCUT2D eigenvalue weighted by Gasteiger charge is 2.16. The molecule has 0 bridgehead atoms. The van der Waals surface area contributed by atoms with Gasteiger partial charge in [0.2, 0.25) is 0 Å². The summed E-state index contributed by atoms with van der Waals surface area (Å²) in [4.78, 5) is 12.2. The summed E-state index contributed by atoms with van der Waals surface area (Å²) in [6.07, 6.45) is 7.61. The van der Waals surface area contributed by atoms with Crippen molar-refractivity contribution in [3.05, 3.63) is 34.9 Å². The molecule has 1 aliphatic carbocycles. The van der Waals surface area contributed by atoms with E-state index in [-0.39, 0.29) is 6.03 Å². The van der Waals surface area contributed by atoms with Crippen molar-refractivity contribution >= 4 is 27.6 Å². The Hall–Kier alpha value is -1.82. The number of aromatic nitrogens is 2. The van der Waals surface area contributed by atoms with E-state index in [9.17, 15) is 4.79 Å². The number of anilines is 1. The zero-order chi connectivity index (χ0) is 16.2. The van der Waals surface area contributed by atoms with Gasteiger partial charge >= 0.3 is 6.03 Å². The third kappa shape index (κ3) is 3.93. The second-order valence-corrected chi connectivity index (χ2v) is 6.83. The standard InChI is InChI=1S/C17H21BrN4O/c1-22-16(15(18)11-19-22)12-6-5-9-14(10-12)21-17(23)20-13-7-3-2-4-8-13/h5-6,9-11,13H,2-4,7-8H2,1H3,(H2,20,21,23). The first-order valence-corrected chi connectivity index (χ1v) is 8.78. The van der Waals surface area contributed by atoms with E-state index in [0.29, 0.717) is 6.04 Å². The van der Waals surface area contributed by atoms with E-state index in [1.165, 1.54) is 19.3 Å². The van der Waals surface area contributed by atoms with Crippen molar-refractivity contribution in [2.24, 2.45) is 7.05 Å². The normalized spacial score (nSPS) is 15.4. The maximum absolute atomic E-state index is 12.2. The lowest BCUT2D eigenvalue weighted by Gasteiger charge is -2.22. The Balaban J connectivity index is 1.69. The average Bonchev–Trinajstić information content (AvgIpc) is 2.87. The predicted octanol–water partition coefficient (Wildman–Crippen LogP) is 4.30. The van der Waals surface area contributed by atoms with Crippen molar-refractivity contribution in [3.63, 3.8) is 0 Å². The first-order chi connectivity index (χ1) is 11.1. The van der Waals surface area contributed by atoms with Gasteiger partial charge < -0.3 is 10.6 Å². The van der Waals surface area contributed by atoms with Crippen LogP contribution in [-0.4, -0.2) is 21.9 Å². The number of nitrogens with one attached hydrogen (secondary N) is 2. The number of nitrogens with zero attached hydrogens (tertiary/aromatic N) is 2. The Morgan fingerprint density at radius 2 is 2.09 bits per heavy atom. The number of hydrogen-bond donors (Lipinski definition) is 2. The van der Waals surface area contributed by atoms with Crippen LogP contribution >= 0.6 is 15.9 Å². The SMILES string of the molecule is Cn1ncc(Br)c1-c1cccc(NC(=O)NC2CCCCC2)c1. The van der Waals surface area contributed by atoms with Crippen LogP contribution in [0.25, 0.3) is 11.3 Å². The zero-order valence-electron chi connectivity index (χ0n) is 13.2. The van der Waals surface area contributed by atoms with Crippen molar-refractivity contribution in [3.8, 4) is 11.3 Å². The summed E-state index contributed by atoms with van der Waals surface area (Å²) >= 11 is 3.51. The number of halogens is 1. The second-order valence-electron chi connectivity index (χ2n) is 5.98. The molecule has 3 rings (SSSR count). The summed E-state index contributed by atoms with van der Waals surface area (Å²) in [7, 11) is 1.90. The minimum Gasteiger partial charge on any atom is -0.335 e. The van der Waals surface area contributed by atoms with Crippen LogP contribution in [0.1, 0.15) is 32.1 Å². The van der Waals surface area contributed by atoms with E-state index in [4.69, 9.17) is 0 Å². The van der Waals surface area contributed by atoms with Crippen molar-refractivity contribution in [1.29, 1.82) is 0 Å². The molecule has 0 radical (unpaired) electrons. The molecule has 1 saturated carbocycles. The zero-order valence-corrected chi connectivity index (χ0v) is 14.8. The van der Waals surface area contributed by atoms with Crippen LogP contribution in [0.4, 0.5) is 10.5 Å². The number of hydrogen-bond acceptors (Lipinski definition) is 2. The predicted molar refractivity (Wildman–Crippen MR) is 95.4 cm³/mol. The molecule has 0 aliphatic heterocycles.